The fourth-order valence-corrected chi connectivity index (χ4v) is 3.02. The van der Waals surface area contributed by atoms with Gasteiger partial charge in [-0.15, -0.1) is 0 Å². The summed E-state index contributed by atoms with van der Waals surface area (Å²) in [4.78, 5) is 0. The van der Waals surface area contributed by atoms with Crippen LogP contribution >= 0.6 is 0 Å². The second kappa shape index (κ2) is 7.18. The highest BCUT2D eigenvalue weighted by atomic mass is 16.5. The summed E-state index contributed by atoms with van der Waals surface area (Å²) in [5, 5.41) is 0. The lowest BCUT2D eigenvalue weighted by atomic mass is 9.94. The highest BCUT2D eigenvalue weighted by Crippen LogP contribution is 2.29. The number of hydrogen-bond donors (Lipinski definition) is 0. The Bertz CT molecular complexity index is 254. The third kappa shape index (κ3) is 4.01. The fourth-order valence-electron chi connectivity index (χ4n) is 3.02. The smallest absolute Gasteiger partial charge is 0.116 e. The fraction of sp³-hybridized carbons (Fsp3) is 0.875. The van der Waals surface area contributed by atoms with E-state index in [0.29, 0.717) is 0 Å². The summed E-state index contributed by atoms with van der Waals surface area (Å²) in [6.07, 6.45) is 14.6. The third-order valence-corrected chi connectivity index (χ3v) is 4.42. The minimum Gasteiger partial charge on any atom is -0.498 e. The van der Waals surface area contributed by atoms with Crippen LogP contribution in [0.3, 0.4) is 0 Å². The van der Waals surface area contributed by atoms with Gasteiger partial charge in [0.25, 0.3) is 0 Å². The molecule has 0 radical (unpaired) electrons. The molecule has 0 bridgehead atoms. The van der Waals surface area contributed by atoms with E-state index in [-0.39, 0.29) is 5.60 Å². The first-order valence-electron chi connectivity index (χ1n) is 7.78. The molecule has 1 aliphatic heterocycles. The van der Waals surface area contributed by atoms with Crippen molar-refractivity contribution in [2.24, 2.45) is 0 Å². The summed E-state index contributed by atoms with van der Waals surface area (Å²) in [6, 6.07) is 0. The normalized spacial score (nSPS) is 29.7. The summed E-state index contributed by atoms with van der Waals surface area (Å²) in [5.41, 5.74) is 1.49. The lowest BCUT2D eigenvalue weighted by molar-refractivity contribution is -0.0827. The van der Waals surface area contributed by atoms with Crippen molar-refractivity contribution in [3.8, 4) is 0 Å². The maximum Gasteiger partial charge on any atom is 0.116 e. The Morgan fingerprint density at radius 2 is 1.89 bits per heavy atom. The Morgan fingerprint density at radius 1 is 1.11 bits per heavy atom. The van der Waals surface area contributed by atoms with Gasteiger partial charge in [0.05, 0.1) is 6.26 Å². The molecule has 0 N–H and O–H groups in total. The van der Waals surface area contributed by atoms with E-state index in [2.05, 4.69) is 6.92 Å². The topological polar surface area (TPSA) is 18.5 Å². The SMILES string of the molecule is CCC1(COC=C2CCCCC2)CCCCCO1. The summed E-state index contributed by atoms with van der Waals surface area (Å²) in [5.74, 6) is 0. The van der Waals surface area contributed by atoms with Crippen molar-refractivity contribution in [3.63, 3.8) is 0 Å². The van der Waals surface area contributed by atoms with Crippen LogP contribution in [0.1, 0.15) is 71.1 Å². The Morgan fingerprint density at radius 3 is 2.67 bits per heavy atom. The zero-order valence-electron chi connectivity index (χ0n) is 11.9. The molecule has 1 saturated heterocycles. The van der Waals surface area contributed by atoms with Gasteiger partial charge in [-0.05, 0) is 50.5 Å². The Kier molecular flexibility index (Phi) is 5.55. The first-order valence-corrected chi connectivity index (χ1v) is 7.78. The van der Waals surface area contributed by atoms with Crippen LogP contribution in [0.5, 0.6) is 0 Å². The van der Waals surface area contributed by atoms with E-state index in [1.807, 2.05) is 6.26 Å². The van der Waals surface area contributed by atoms with Crippen molar-refractivity contribution in [1.29, 1.82) is 0 Å². The van der Waals surface area contributed by atoms with Gasteiger partial charge in [-0.2, -0.15) is 0 Å². The van der Waals surface area contributed by atoms with Crippen LogP contribution in [0, 0.1) is 0 Å². The molecule has 2 fully saturated rings. The molecule has 18 heavy (non-hydrogen) atoms. The van der Waals surface area contributed by atoms with E-state index in [0.717, 1.165) is 26.1 Å². The largest absolute Gasteiger partial charge is 0.498 e. The van der Waals surface area contributed by atoms with Crippen molar-refractivity contribution in [2.45, 2.75) is 76.7 Å². The Hall–Kier alpha value is -0.500. The molecule has 0 spiro atoms. The second-order valence-corrected chi connectivity index (χ2v) is 5.84. The molecule has 104 valence electrons. The number of ether oxygens (including phenoxy) is 2. The minimum absolute atomic E-state index is 0.0117. The van der Waals surface area contributed by atoms with E-state index in [4.69, 9.17) is 9.47 Å². The molecule has 2 heteroatoms. The number of rotatable bonds is 4. The Labute approximate surface area is 112 Å². The molecule has 0 amide bonds. The van der Waals surface area contributed by atoms with Crippen LogP contribution in [-0.2, 0) is 9.47 Å². The van der Waals surface area contributed by atoms with Gasteiger partial charge >= 0.3 is 0 Å². The number of allylic oxidation sites excluding steroid dienone is 1. The molecule has 1 unspecified atom stereocenters. The quantitative estimate of drug-likeness (QED) is 0.681. The standard InChI is InChI=1S/C16H28O2/c1-2-16(11-7-4-8-12-18-16)14-17-13-15-9-5-3-6-10-15/h13H,2-12,14H2,1H3. The van der Waals surface area contributed by atoms with Crippen LogP contribution in [0.4, 0.5) is 0 Å². The molecule has 0 aromatic heterocycles. The Balaban J connectivity index is 1.81. The summed E-state index contributed by atoms with van der Waals surface area (Å²) in [7, 11) is 0. The van der Waals surface area contributed by atoms with Gasteiger partial charge in [-0.3, -0.25) is 0 Å². The monoisotopic (exact) mass is 252 g/mol. The molecule has 2 rings (SSSR count). The molecule has 1 aliphatic carbocycles. The van der Waals surface area contributed by atoms with Crippen molar-refractivity contribution < 1.29 is 9.47 Å². The van der Waals surface area contributed by atoms with Crippen molar-refractivity contribution in [3.05, 3.63) is 11.8 Å². The van der Waals surface area contributed by atoms with Crippen LogP contribution in [0.15, 0.2) is 11.8 Å². The third-order valence-electron chi connectivity index (χ3n) is 4.42. The van der Waals surface area contributed by atoms with Gasteiger partial charge in [0.2, 0.25) is 0 Å². The van der Waals surface area contributed by atoms with Gasteiger partial charge in [-0.1, -0.05) is 26.2 Å². The van der Waals surface area contributed by atoms with E-state index in [1.54, 1.807) is 0 Å². The first-order chi connectivity index (χ1) is 8.85. The van der Waals surface area contributed by atoms with Gasteiger partial charge in [0.1, 0.15) is 12.2 Å². The predicted octanol–water partition coefficient (Wildman–Crippen LogP) is 4.59. The van der Waals surface area contributed by atoms with E-state index >= 15 is 0 Å². The van der Waals surface area contributed by atoms with E-state index in [9.17, 15) is 0 Å². The van der Waals surface area contributed by atoms with E-state index < -0.39 is 0 Å². The first kappa shape index (κ1) is 13.9. The summed E-state index contributed by atoms with van der Waals surface area (Å²) in [6.45, 7) is 3.88. The highest BCUT2D eigenvalue weighted by molar-refractivity contribution is 5.00. The minimum atomic E-state index is -0.0117. The molecule has 0 aromatic carbocycles. The van der Waals surface area contributed by atoms with Gasteiger partial charge in [0, 0.05) is 6.61 Å². The van der Waals surface area contributed by atoms with E-state index in [1.165, 1.54) is 56.9 Å². The maximum atomic E-state index is 6.07. The average Bonchev–Trinajstić information content (AvgIpc) is 2.66. The van der Waals surface area contributed by atoms with Crippen LogP contribution in [-0.4, -0.2) is 18.8 Å². The molecule has 1 saturated carbocycles. The van der Waals surface area contributed by atoms with Gasteiger partial charge in [-0.25, -0.2) is 0 Å². The van der Waals surface area contributed by atoms with Crippen molar-refractivity contribution in [1.82, 2.24) is 0 Å². The molecule has 1 atom stereocenters. The van der Waals surface area contributed by atoms with Crippen molar-refractivity contribution >= 4 is 0 Å². The predicted molar refractivity (Wildman–Crippen MR) is 74.6 cm³/mol. The molecular weight excluding hydrogens is 224 g/mol. The highest BCUT2D eigenvalue weighted by Gasteiger charge is 2.30. The van der Waals surface area contributed by atoms with Crippen LogP contribution < -0.4 is 0 Å². The zero-order valence-corrected chi connectivity index (χ0v) is 11.9. The molecular formula is C16H28O2. The van der Waals surface area contributed by atoms with Crippen LogP contribution in [0.25, 0.3) is 0 Å². The maximum absolute atomic E-state index is 6.07. The average molecular weight is 252 g/mol. The van der Waals surface area contributed by atoms with Crippen LogP contribution in [0.2, 0.25) is 0 Å². The molecule has 0 aromatic rings. The second-order valence-electron chi connectivity index (χ2n) is 5.84. The van der Waals surface area contributed by atoms with Gasteiger partial charge in [0.15, 0.2) is 0 Å². The van der Waals surface area contributed by atoms with Gasteiger partial charge < -0.3 is 9.47 Å². The lowest BCUT2D eigenvalue weighted by Crippen LogP contribution is -2.36. The zero-order chi connectivity index (χ0) is 12.7. The number of hydrogen-bond acceptors (Lipinski definition) is 2. The van der Waals surface area contributed by atoms with Crippen molar-refractivity contribution in [2.75, 3.05) is 13.2 Å². The molecule has 2 nitrogen and oxygen atoms in total. The molecule has 1 heterocycles. The molecule has 2 aliphatic rings. The lowest BCUT2D eigenvalue weighted by Gasteiger charge is -2.31. The summed E-state index contributed by atoms with van der Waals surface area (Å²) < 4.78 is 12.0. The summed E-state index contributed by atoms with van der Waals surface area (Å²) >= 11 is 0.